The number of fused-ring (bicyclic) bond motifs is 2. The molecule has 3 heterocycles. The highest BCUT2D eigenvalue weighted by atomic mass is 16.5. The lowest BCUT2D eigenvalue weighted by Crippen LogP contribution is -2.06. The third-order valence-corrected chi connectivity index (χ3v) is 4.54. The van der Waals surface area contributed by atoms with Gasteiger partial charge in [0.15, 0.2) is 0 Å². The van der Waals surface area contributed by atoms with Crippen LogP contribution in [0, 0.1) is 11.3 Å². The fraction of sp³-hybridized carbons (Fsp3) is 0.143. The lowest BCUT2D eigenvalue weighted by Gasteiger charge is -2.04. The number of pyridine rings is 1. The minimum atomic E-state index is -0.269. The summed E-state index contributed by atoms with van der Waals surface area (Å²) in [6, 6.07) is 15.9. The van der Waals surface area contributed by atoms with Gasteiger partial charge in [-0.2, -0.15) is 5.26 Å². The zero-order chi connectivity index (χ0) is 17.9. The average Bonchev–Trinajstić information content (AvgIpc) is 3.25. The molecular formula is C21H17N3O2. The first-order valence-electron chi connectivity index (χ1n) is 8.45. The second-order valence-corrected chi connectivity index (χ2v) is 6.15. The molecule has 0 saturated carbocycles. The topological polar surface area (TPSA) is 70.3 Å². The van der Waals surface area contributed by atoms with Crippen LogP contribution in [-0.4, -0.2) is 15.4 Å². The maximum absolute atomic E-state index is 12.1. The van der Waals surface area contributed by atoms with Gasteiger partial charge in [0.2, 0.25) is 0 Å². The molecule has 3 aromatic heterocycles. The summed E-state index contributed by atoms with van der Waals surface area (Å²) in [5.41, 5.74) is 4.26. The van der Waals surface area contributed by atoms with E-state index in [4.69, 9.17) is 4.74 Å². The molecule has 5 heteroatoms. The fourth-order valence-corrected chi connectivity index (χ4v) is 3.22. The van der Waals surface area contributed by atoms with Crippen molar-refractivity contribution in [2.24, 2.45) is 0 Å². The molecule has 1 N–H and O–H groups in total. The molecule has 0 fully saturated rings. The third kappa shape index (κ3) is 2.93. The van der Waals surface area contributed by atoms with Crippen LogP contribution in [0.15, 0.2) is 61.1 Å². The van der Waals surface area contributed by atoms with Crippen LogP contribution in [0.1, 0.15) is 23.1 Å². The summed E-state index contributed by atoms with van der Waals surface area (Å²) in [7, 11) is 0. The third-order valence-electron chi connectivity index (χ3n) is 4.54. The van der Waals surface area contributed by atoms with Gasteiger partial charge >= 0.3 is 5.97 Å². The maximum atomic E-state index is 12.1. The molecule has 0 atom stereocenters. The summed E-state index contributed by atoms with van der Waals surface area (Å²) in [6.45, 7) is 0.108. The van der Waals surface area contributed by atoms with Crippen molar-refractivity contribution in [2.45, 2.75) is 19.4 Å². The first-order valence-corrected chi connectivity index (χ1v) is 8.45. The summed E-state index contributed by atoms with van der Waals surface area (Å²) in [5.74, 6) is -0.269. The molecule has 26 heavy (non-hydrogen) atoms. The standard InChI is InChI=1S/C21H17N3O2/c22-11-18-16(13-24-10-4-3-7-20(18)24)14-26-21(25)9-8-15-12-23-19-6-2-1-5-17(15)19/h1-7,10,12-13,23H,8-9,14H2. The Morgan fingerprint density at radius 3 is 2.88 bits per heavy atom. The molecule has 0 aliphatic carbocycles. The van der Waals surface area contributed by atoms with E-state index < -0.39 is 0 Å². The molecule has 0 bridgehead atoms. The highest BCUT2D eigenvalue weighted by Crippen LogP contribution is 2.20. The van der Waals surface area contributed by atoms with Crippen LogP contribution in [0.5, 0.6) is 0 Å². The number of para-hydroxylation sites is 1. The monoisotopic (exact) mass is 343 g/mol. The number of hydrogen-bond acceptors (Lipinski definition) is 3. The number of carbonyl (C=O) groups is 1. The van der Waals surface area contributed by atoms with E-state index in [1.807, 2.05) is 65.5 Å². The van der Waals surface area contributed by atoms with Crippen molar-refractivity contribution in [3.63, 3.8) is 0 Å². The van der Waals surface area contributed by atoms with Gasteiger partial charge in [0.1, 0.15) is 12.7 Å². The lowest BCUT2D eigenvalue weighted by atomic mass is 10.1. The minimum absolute atomic E-state index is 0.108. The van der Waals surface area contributed by atoms with Gasteiger partial charge in [-0.05, 0) is 30.2 Å². The van der Waals surface area contributed by atoms with E-state index in [0.29, 0.717) is 18.4 Å². The Bertz CT molecular complexity index is 1130. The summed E-state index contributed by atoms with van der Waals surface area (Å²) < 4.78 is 7.27. The number of ether oxygens (including phenoxy) is 1. The SMILES string of the molecule is N#Cc1c(COC(=O)CCc2c[nH]c3ccccc23)cn2ccccc12. The zero-order valence-corrected chi connectivity index (χ0v) is 14.1. The van der Waals surface area contributed by atoms with Crippen molar-refractivity contribution >= 4 is 22.4 Å². The maximum Gasteiger partial charge on any atom is 0.306 e. The molecule has 128 valence electrons. The van der Waals surface area contributed by atoms with Crippen molar-refractivity contribution in [1.29, 1.82) is 5.26 Å². The van der Waals surface area contributed by atoms with Crippen molar-refractivity contribution < 1.29 is 9.53 Å². The second kappa shape index (κ2) is 6.77. The van der Waals surface area contributed by atoms with Gasteiger partial charge in [-0.25, -0.2) is 0 Å². The Labute approximate surface area is 150 Å². The smallest absolute Gasteiger partial charge is 0.306 e. The number of rotatable bonds is 5. The molecule has 0 radical (unpaired) electrons. The van der Waals surface area contributed by atoms with Crippen LogP contribution in [-0.2, 0) is 22.6 Å². The first-order chi connectivity index (χ1) is 12.8. The van der Waals surface area contributed by atoms with E-state index in [1.165, 1.54) is 0 Å². The largest absolute Gasteiger partial charge is 0.461 e. The van der Waals surface area contributed by atoms with E-state index in [0.717, 1.165) is 27.5 Å². The second-order valence-electron chi connectivity index (χ2n) is 6.15. The highest BCUT2D eigenvalue weighted by molar-refractivity contribution is 5.83. The van der Waals surface area contributed by atoms with Gasteiger partial charge in [-0.15, -0.1) is 0 Å². The Hall–Kier alpha value is -3.52. The number of carbonyl (C=O) groups excluding carboxylic acids is 1. The molecule has 0 saturated heterocycles. The molecule has 1 aromatic carbocycles. The van der Waals surface area contributed by atoms with Crippen molar-refractivity contribution in [3.8, 4) is 6.07 Å². The predicted molar refractivity (Wildman–Crippen MR) is 98.5 cm³/mol. The van der Waals surface area contributed by atoms with Crippen LogP contribution in [0.4, 0.5) is 0 Å². The van der Waals surface area contributed by atoms with Crippen molar-refractivity contribution in [1.82, 2.24) is 9.38 Å². The molecule has 4 rings (SSSR count). The van der Waals surface area contributed by atoms with Gasteiger partial charge in [-0.1, -0.05) is 24.3 Å². The molecule has 0 aliphatic rings. The normalized spacial score (nSPS) is 10.9. The Balaban J connectivity index is 1.41. The minimum Gasteiger partial charge on any atom is -0.461 e. The Morgan fingerprint density at radius 1 is 1.15 bits per heavy atom. The fourth-order valence-electron chi connectivity index (χ4n) is 3.22. The number of aryl methyl sites for hydroxylation is 1. The molecule has 0 unspecified atom stereocenters. The number of hydrogen-bond donors (Lipinski definition) is 1. The molecule has 0 spiro atoms. The average molecular weight is 343 g/mol. The van der Waals surface area contributed by atoms with Gasteiger partial charge < -0.3 is 14.1 Å². The number of H-pyrrole nitrogens is 1. The van der Waals surface area contributed by atoms with E-state index in [2.05, 4.69) is 11.1 Å². The Kier molecular flexibility index (Phi) is 4.16. The quantitative estimate of drug-likeness (QED) is 0.557. The number of esters is 1. The van der Waals surface area contributed by atoms with Crippen molar-refractivity contribution in [3.05, 3.63) is 77.7 Å². The molecule has 5 nitrogen and oxygen atoms in total. The van der Waals surface area contributed by atoms with Crippen LogP contribution < -0.4 is 0 Å². The number of nitrogens with zero attached hydrogens (tertiary/aromatic N) is 2. The summed E-state index contributed by atoms with van der Waals surface area (Å²) >= 11 is 0. The number of aromatic nitrogens is 2. The molecule has 0 amide bonds. The van der Waals surface area contributed by atoms with Crippen LogP contribution >= 0.6 is 0 Å². The number of aromatic amines is 1. The van der Waals surface area contributed by atoms with E-state index >= 15 is 0 Å². The predicted octanol–water partition coefficient (Wildman–Crippen LogP) is 3.97. The van der Waals surface area contributed by atoms with Gasteiger partial charge in [-0.3, -0.25) is 4.79 Å². The van der Waals surface area contributed by atoms with E-state index in [-0.39, 0.29) is 12.6 Å². The molecular weight excluding hydrogens is 326 g/mol. The van der Waals surface area contributed by atoms with Gasteiger partial charge in [0, 0.05) is 41.5 Å². The number of nitrogens with one attached hydrogen (secondary N) is 1. The lowest BCUT2D eigenvalue weighted by molar-refractivity contribution is -0.144. The highest BCUT2D eigenvalue weighted by Gasteiger charge is 2.13. The number of benzene rings is 1. The van der Waals surface area contributed by atoms with Crippen molar-refractivity contribution in [2.75, 3.05) is 0 Å². The summed E-state index contributed by atoms with van der Waals surface area (Å²) in [6.07, 6.45) is 6.56. The van der Waals surface area contributed by atoms with Gasteiger partial charge in [0.25, 0.3) is 0 Å². The number of nitriles is 1. The first kappa shape index (κ1) is 16.0. The molecule has 0 aliphatic heterocycles. The van der Waals surface area contributed by atoms with E-state index in [9.17, 15) is 10.1 Å². The Morgan fingerprint density at radius 2 is 2.00 bits per heavy atom. The molecule has 4 aromatic rings. The van der Waals surface area contributed by atoms with Gasteiger partial charge in [0.05, 0.1) is 11.1 Å². The summed E-state index contributed by atoms with van der Waals surface area (Å²) in [5, 5.41) is 10.5. The van der Waals surface area contributed by atoms with Crippen LogP contribution in [0.3, 0.4) is 0 Å². The van der Waals surface area contributed by atoms with Crippen LogP contribution in [0.2, 0.25) is 0 Å². The van der Waals surface area contributed by atoms with Crippen LogP contribution in [0.25, 0.3) is 16.4 Å². The zero-order valence-electron chi connectivity index (χ0n) is 14.1. The summed E-state index contributed by atoms with van der Waals surface area (Å²) in [4.78, 5) is 15.3. The van der Waals surface area contributed by atoms with E-state index in [1.54, 1.807) is 0 Å².